The second-order valence-corrected chi connectivity index (χ2v) is 6.49. The fraction of sp³-hybridized carbons (Fsp3) is 0.474. The van der Waals surface area contributed by atoms with Gasteiger partial charge in [0.2, 0.25) is 5.91 Å². The molecular formula is C19H23FN2O4. The number of hydrogen-bond donors (Lipinski definition) is 1. The van der Waals surface area contributed by atoms with Gasteiger partial charge in [0, 0.05) is 12.2 Å². The highest BCUT2D eigenvalue weighted by Gasteiger charge is 2.28. The summed E-state index contributed by atoms with van der Waals surface area (Å²) in [6.07, 6.45) is 0.743. The first kappa shape index (κ1) is 18.5. The molecule has 0 radical (unpaired) electrons. The number of benzene rings is 1. The van der Waals surface area contributed by atoms with E-state index in [9.17, 15) is 9.18 Å². The predicted molar refractivity (Wildman–Crippen MR) is 92.0 cm³/mol. The van der Waals surface area contributed by atoms with Crippen LogP contribution in [-0.2, 0) is 27.3 Å². The van der Waals surface area contributed by atoms with Crippen molar-refractivity contribution in [2.75, 3.05) is 13.2 Å². The first-order valence-corrected chi connectivity index (χ1v) is 8.68. The molecule has 0 unspecified atom stereocenters. The van der Waals surface area contributed by atoms with Crippen LogP contribution < -0.4 is 5.32 Å². The molecular weight excluding hydrogens is 339 g/mol. The van der Waals surface area contributed by atoms with Crippen LogP contribution in [0.3, 0.4) is 0 Å². The zero-order valence-electron chi connectivity index (χ0n) is 15.0. The number of nitrogens with zero attached hydrogens (tertiary/aromatic N) is 1. The van der Waals surface area contributed by atoms with E-state index >= 15 is 0 Å². The van der Waals surface area contributed by atoms with E-state index in [1.165, 1.54) is 12.1 Å². The number of aryl methyl sites for hydroxylation is 2. The maximum Gasteiger partial charge on any atom is 0.224 e. The van der Waals surface area contributed by atoms with Crippen molar-refractivity contribution in [2.24, 2.45) is 0 Å². The van der Waals surface area contributed by atoms with E-state index < -0.39 is 0 Å². The molecule has 1 aliphatic heterocycles. The van der Waals surface area contributed by atoms with Crippen molar-refractivity contribution in [1.82, 2.24) is 10.5 Å². The number of hydrogen-bond acceptors (Lipinski definition) is 5. The highest BCUT2D eigenvalue weighted by atomic mass is 19.1. The molecule has 140 valence electrons. The lowest BCUT2D eigenvalue weighted by Gasteiger charge is -2.32. The topological polar surface area (TPSA) is 73.6 Å². The number of nitrogens with one attached hydrogen (secondary N) is 1. The molecule has 1 saturated heterocycles. The highest BCUT2D eigenvalue weighted by Crippen LogP contribution is 2.18. The molecule has 1 aromatic carbocycles. The Morgan fingerprint density at radius 2 is 2.12 bits per heavy atom. The third-order valence-electron chi connectivity index (χ3n) is 4.54. The van der Waals surface area contributed by atoms with Gasteiger partial charge in [0.1, 0.15) is 11.6 Å². The second kappa shape index (κ2) is 8.42. The lowest BCUT2D eigenvalue weighted by atomic mass is 10.1. The summed E-state index contributed by atoms with van der Waals surface area (Å²) in [7, 11) is 0. The molecule has 2 aromatic rings. The molecule has 1 aliphatic rings. The standard InChI is InChI=1S/C19H23FN2O4/c1-12-16(13(2)26-22-12)10-25-18-7-8-24-11-17(18)21-19(23)9-14-3-5-15(20)6-4-14/h3-6,17-18H,7-11H2,1-2H3,(H,21,23)/t17-,18+/m1/s1. The molecule has 1 N–H and O–H groups in total. The Bertz CT molecular complexity index is 725. The fourth-order valence-electron chi connectivity index (χ4n) is 3.00. The van der Waals surface area contributed by atoms with Gasteiger partial charge in [0.15, 0.2) is 0 Å². The first-order valence-electron chi connectivity index (χ1n) is 8.68. The Hall–Kier alpha value is -2.25. The van der Waals surface area contributed by atoms with Crippen LogP contribution in [0.15, 0.2) is 28.8 Å². The molecule has 3 rings (SSSR count). The Morgan fingerprint density at radius 3 is 2.81 bits per heavy atom. The van der Waals surface area contributed by atoms with Crippen LogP contribution in [0.1, 0.15) is 29.0 Å². The van der Waals surface area contributed by atoms with Crippen LogP contribution in [0.2, 0.25) is 0 Å². The minimum atomic E-state index is -0.317. The molecule has 7 heteroatoms. The summed E-state index contributed by atoms with van der Waals surface area (Å²) in [6.45, 7) is 5.11. The summed E-state index contributed by atoms with van der Waals surface area (Å²) >= 11 is 0. The lowest BCUT2D eigenvalue weighted by Crippen LogP contribution is -2.50. The van der Waals surface area contributed by atoms with E-state index in [-0.39, 0.29) is 30.3 Å². The fourth-order valence-corrected chi connectivity index (χ4v) is 3.00. The summed E-state index contributed by atoms with van der Waals surface area (Å²) in [5.74, 6) is 0.284. The van der Waals surface area contributed by atoms with Gasteiger partial charge in [-0.1, -0.05) is 17.3 Å². The number of aromatic nitrogens is 1. The molecule has 1 fully saturated rings. The van der Waals surface area contributed by atoms with Crippen molar-refractivity contribution in [1.29, 1.82) is 0 Å². The molecule has 0 saturated carbocycles. The summed E-state index contributed by atoms with van der Waals surface area (Å²) in [6, 6.07) is 5.69. The minimum Gasteiger partial charge on any atom is -0.379 e. The molecule has 2 heterocycles. The van der Waals surface area contributed by atoms with Crippen molar-refractivity contribution in [2.45, 2.75) is 45.4 Å². The number of carbonyl (C=O) groups excluding carboxylic acids is 1. The van der Waals surface area contributed by atoms with Gasteiger partial charge in [-0.2, -0.15) is 0 Å². The Balaban J connectivity index is 1.56. The van der Waals surface area contributed by atoms with Gasteiger partial charge in [0.25, 0.3) is 0 Å². The van der Waals surface area contributed by atoms with Crippen LogP contribution in [0.4, 0.5) is 4.39 Å². The molecule has 1 amide bonds. The smallest absolute Gasteiger partial charge is 0.224 e. The number of amides is 1. The van der Waals surface area contributed by atoms with E-state index in [1.807, 2.05) is 13.8 Å². The number of ether oxygens (including phenoxy) is 2. The van der Waals surface area contributed by atoms with Crippen LogP contribution in [0.25, 0.3) is 0 Å². The zero-order chi connectivity index (χ0) is 18.5. The summed E-state index contributed by atoms with van der Waals surface area (Å²) in [4.78, 5) is 12.3. The normalized spacial score (nSPS) is 20.1. The molecule has 0 bridgehead atoms. The Morgan fingerprint density at radius 1 is 1.35 bits per heavy atom. The van der Waals surface area contributed by atoms with E-state index in [2.05, 4.69) is 10.5 Å². The van der Waals surface area contributed by atoms with Crippen LogP contribution in [0.5, 0.6) is 0 Å². The summed E-state index contributed by atoms with van der Waals surface area (Å²) in [5.41, 5.74) is 2.51. The first-order chi connectivity index (χ1) is 12.5. The van der Waals surface area contributed by atoms with E-state index in [0.29, 0.717) is 26.2 Å². The van der Waals surface area contributed by atoms with E-state index in [1.54, 1.807) is 12.1 Å². The average Bonchev–Trinajstić information content (AvgIpc) is 2.94. The number of rotatable bonds is 6. The lowest BCUT2D eigenvalue weighted by molar-refractivity contribution is -0.125. The van der Waals surface area contributed by atoms with Crippen LogP contribution >= 0.6 is 0 Å². The third-order valence-corrected chi connectivity index (χ3v) is 4.54. The molecule has 0 aliphatic carbocycles. The van der Waals surface area contributed by atoms with Gasteiger partial charge < -0.3 is 19.3 Å². The van der Waals surface area contributed by atoms with Gasteiger partial charge in [-0.15, -0.1) is 0 Å². The molecule has 0 spiro atoms. The van der Waals surface area contributed by atoms with Crippen molar-refractivity contribution >= 4 is 5.91 Å². The summed E-state index contributed by atoms with van der Waals surface area (Å²) < 4.78 is 29.6. The van der Waals surface area contributed by atoms with Gasteiger partial charge in [0.05, 0.1) is 37.5 Å². The van der Waals surface area contributed by atoms with Gasteiger partial charge in [-0.3, -0.25) is 4.79 Å². The monoisotopic (exact) mass is 362 g/mol. The predicted octanol–water partition coefficient (Wildman–Crippen LogP) is 2.46. The third kappa shape index (κ3) is 4.68. The minimum absolute atomic E-state index is 0.141. The van der Waals surface area contributed by atoms with Gasteiger partial charge in [-0.25, -0.2) is 4.39 Å². The second-order valence-electron chi connectivity index (χ2n) is 6.49. The quantitative estimate of drug-likeness (QED) is 0.855. The zero-order valence-corrected chi connectivity index (χ0v) is 15.0. The van der Waals surface area contributed by atoms with Crippen LogP contribution in [-0.4, -0.2) is 36.4 Å². The van der Waals surface area contributed by atoms with Gasteiger partial charge in [-0.05, 0) is 38.0 Å². The van der Waals surface area contributed by atoms with E-state index in [0.717, 1.165) is 22.6 Å². The average molecular weight is 362 g/mol. The largest absolute Gasteiger partial charge is 0.379 e. The number of carbonyl (C=O) groups is 1. The maximum atomic E-state index is 13.0. The van der Waals surface area contributed by atoms with E-state index in [4.69, 9.17) is 14.0 Å². The number of halogens is 1. The summed E-state index contributed by atoms with van der Waals surface area (Å²) in [5, 5.41) is 6.89. The Labute approximate surface area is 151 Å². The van der Waals surface area contributed by atoms with Crippen molar-refractivity contribution < 1.29 is 23.2 Å². The highest BCUT2D eigenvalue weighted by molar-refractivity contribution is 5.78. The Kier molecular flexibility index (Phi) is 6.00. The van der Waals surface area contributed by atoms with Crippen molar-refractivity contribution in [3.63, 3.8) is 0 Å². The molecule has 26 heavy (non-hydrogen) atoms. The molecule has 2 atom stereocenters. The van der Waals surface area contributed by atoms with Crippen molar-refractivity contribution in [3.8, 4) is 0 Å². The SMILES string of the molecule is Cc1noc(C)c1CO[C@H]1CCOC[C@H]1NC(=O)Cc1ccc(F)cc1. The van der Waals surface area contributed by atoms with Crippen molar-refractivity contribution in [3.05, 3.63) is 52.7 Å². The van der Waals surface area contributed by atoms with Crippen LogP contribution in [0, 0.1) is 19.7 Å². The molecule has 6 nitrogen and oxygen atoms in total. The molecule has 1 aromatic heterocycles. The maximum absolute atomic E-state index is 13.0. The van der Waals surface area contributed by atoms with Gasteiger partial charge >= 0.3 is 0 Å².